The van der Waals surface area contributed by atoms with Crippen molar-refractivity contribution in [1.82, 2.24) is 87.2 Å². The molecule has 2 saturated carbocycles. The molecule has 2 aliphatic rings. The van der Waals surface area contributed by atoms with E-state index in [1.807, 2.05) is 116 Å². The van der Waals surface area contributed by atoms with Crippen molar-refractivity contribution in [3.8, 4) is 0 Å². The third kappa shape index (κ3) is 21.1. The van der Waals surface area contributed by atoms with Gasteiger partial charge in [-0.1, -0.05) is 283 Å². The van der Waals surface area contributed by atoms with Crippen LogP contribution in [0.5, 0.6) is 0 Å². The van der Waals surface area contributed by atoms with E-state index in [4.69, 9.17) is 44.4 Å². The van der Waals surface area contributed by atoms with Crippen LogP contribution in [-0.2, 0) is 52.1 Å². The summed E-state index contributed by atoms with van der Waals surface area (Å²) in [4.78, 5) is 54.3. The molecule has 2 fully saturated rings. The van der Waals surface area contributed by atoms with Crippen molar-refractivity contribution in [2.24, 2.45) is 17.8 Å². The lowest BCUT2D eigenvalue weighted by Gasteiger charge is -2.23. The Morgan fingerprint density at radius 2 is 0.595 bits per heavy atom. The summed E-state index contributed by atoms with van der Waals surface area (Å²) < 4.78 is 13.7. The summed E-state index contributed by atoms with van der Waals surface area (Å²) in [6.07, 6.45) is 40.8. The molecule has 0 bridgehead atoms. The maximum absolute atomic E-state index is 6.26. The third-order valence-electron chi connectivity index (χ3n) is 26.0. The van der Waals surface area contributed by atoms with Crippen molar-refractivity contribution < 1.29 is 0 Å². The number of nitrogens with two attached hydrogens (primary N) is 6. The predicted molar refractivity (Wildman–Crippen MR) is 545 cm³/mol. The summed E-state index contributed by atoms with van der Waals surface area (Å²) in [5.41, 5.74) is 55.3. The molecule has 24 nitrogen and oxygen atoms in total. The van der Waals surface area contributed by atoms with Gasteiger partial charge in [-0.25, -0.2) is 59.8 Å². The van der Waals surface area contributed by atoms with Crippen LogP contribution in [0.3, 0.4) is 0 Å². The molecule has 131 heavy (non-hydrogen) atoms. The number of unbranched alkanes of at least 4 members (excludes halogenated alkanes) is 11. The quantitative estimate of drug-likeness (QED) is 0.0274. The summed E-state index contributed by atoms with van der Waals surface area (Å²) in [5, 5.41) is 6.82. The maximum Gasteiger partial charge on any atom is 0.152 e. The second-order valence-corrected chi connectivity index (χ2v) is 36.2. The lowest BCUT2D eigenvalue weighted by atomic mass is 9.89. The molecule has 0 atom stereocenters. The van der Waals surface area contributed by atoms with E-state index in [1.54, 1.807) is 0 Å². The first-order chi connectivity index (χ1) is 64.1. The molecule has 12 aromatic heterocycles. The number of pyridine rings is 6. The van der Waals surface area contributed by atoms with Crippen LogP contribution >= 0.6 is 0 Å². The van der Waals surface area contributed by atoms with Crippen LogP contribution in [0.15, 0.2) is 201 Å². The Balaban J connectivity index is 0.000000115. The summed E-state index contributed by atoms with van der Waals surface area (Å²) in [5.74, 6) is 7.34. The third-order valence-corrected chi connectivity index (χ3v) is 26.0. The zero-order valence-corrected chi connectivity index (χ0v) is 77.4. The molecule has 12 N–H and O–H groups in total. The fourth-order valence-corrected chi connectivity index (χ4v) is 19.4. The first-order valence-electron chi connectivity index (χ1n) is 48.2. The number of fused-ring (bicyclic) bond motifs is 18. The van der Waals surface area contributed by atoms with E-state index in [9.17, 15) is 0 Å². The van der Waals surface area contributed by atoms with Gasteiger partial charge in [0, 0.05) is 78.0 Å². The van der Waals surface area contributed by atoms with Crippen LogP contribution in [0.4, 0.5) is 34.9 Å². The van der Waals surface area contributed by atoms with E-state index >= 15 is 0 Å². The highest BCUT2D eigenvalue weighted by atomic mass is 15.1. The van der Waals surface area contributed by atoms with Gasteiger partial charge in [-0.2, -0.15) is 0 Å². The van der Waals surface area contributed by atoms with Crippen LogP contribution in [-0.4, -0.2) is 87.2 Å². The highest BCUT2D eigenvalue weighted by Gasteiger charge is 2.24. The van der Waals surface area contributed by atoms with E-state index in [1.165, 1.54) is 160 Å². The molecule has 0 saturated heterocycles. The Bertz CT molecular complexity index is 6910. The predicted octanol–water partition coefficient (Wildman–Crippen LogP) is 24.4. The van der Waals surface area contributed by atoms with Gasteiger partial charge in [-0.15, -0.1) is 0 Å². The summed E-state index contributed by atoms with van der Waals surface area (Å²) in [7, 11) is 0. The molecular formula is C107H130N24. The van der Waals surface area contributed by atoms with Gasteiger partial charge in [0.2, 0.25) is 0 Å². The summed E-state index contributed by atoms with van der Waals surface area (Å²) >= 11 is 0. The van der Waals surface area contributed by atoms with Crippen molar-refractivity contribution in [1.29, 1.82) is 0 Å². The van der Waals surface area contributed by atoms with Gasteiger partial charge >= 0.3 is 0 Å². The Labute approximate surface area is 767 Å². The van der Waals surface area contributed by atoms with Gasteiger partial charge in [0.1, 0.15) is 44.7 Å². The molecule has 0 radical (unpaired) electrons. The van der Waals surface area contributed by atoms with Gasteiger partial charge in [0.05, 0.1) is 91.5 Å². The van der Waals surface area contributed by atoms with E-state index < -0.39 is 0 Å². The fraction of sp³-hybridized carbons (Fsp3) is 0.383. The molecule has 7 aromatic carbocycles. The lowest BCUT2D eigenvalue weighted by Crippen LogP contribution is -2.15. The van der Waals surface area contributed by atoms with E-state index in [0.717, 1.165) is 207 Å². The second-order valence-electron chi connectivity index (χ2n) is 36.2. The van der Waals surface area contributed by atoms with Crippen molar-refractivity contribution in [2.75, 3.05) is 34.4 Å². The smallest absolute Gasteiger partial charge is 0.152 e. The van der Waals surface area contributed by atoms with Gasteiger partial charge in [-0.3, -0.25) is 0 Å². The molecule has 0 aliphatic heterocycles. The minimum atomic E-state index is 0.516. The number of anilines is 6. The van der Waals surface area contributed by atoms with E-state index in [2.05, 4.69) is 204 Å². The first-order valence-corrected chi connectivity index (χ1v) is 48.2. The molecule has 19 aromatic rings. The second kappa shape index (κ2) is 43.4. The Hall–Kier alpha value is -13.4. The Morgan fingerprint density at radius 3 is 0.969 bits per heavy atom. The van der Waals surface area contributed by atoms with Gasteiger partial charge in [0.25, 0.3) is 0 Å². The van der Waals surface area contributed by atoms with Crippen molar-refractivity contribution >= 4 is 167 Å². The number of hydrogen-bond donors (Lipinski definition) is 6. The largest absolute Gasteiger partial charge is 0.382 e. The molecule has 21 rings (SSSR count). The topological polar surface area (TPSA) is 340 Å². The highest BCUT2D eigenvalue weighted by Crippen LogP contribution is 2.38. The normalized spacial score (nSPS) is 13.2. The summed E-state index contributed by atoms with van der Waals surface area (Å²) in [6.45, 7) is 19.3. The van der Waals surface area contributed by atoms with Crippen molar-refractivity contribution in [3.05, 3.63) is 218 Å². The van der Waals surface area contributed by atoms with Crippen molar-refractivity contribution in [3.63, 3.8) is 0 Å². The number of imidazole rings is 6. The molecule has 678 valence electrons. The summed E-state index contributed by atoms with van der Waals surface area (Å²) in [6, 6.07) is 59.5. The average molecular weight is 1750 g/mol. The van der Waals surface area contributed by atoms with E-state index in [-0.39, 0.29) is 0 Å². The lowest BCUT2D eigenvalue weighted by molar-refractivity contribution is 0.320. The number of rotatable bonds is 26. The molecule has 24 heteroatoms. The molecule has 0 unspecified atom stereocenters. The number of nitrogens with zero attached hydrogens (tertiary/aromatic N) is 18. The Kier molecular flexibility index (Phi) is 30.1. The van der Waals surface area contributed by atoms with Crippen LogP contribution in [0.2, 0.25) is 0 Å². The van der Waals surface area contributed by atoms with Crippen LogP contribution in [0.1, 0.15) is 206 Å². The minimum Gasteiger partial charge on any atom is -0.382 e. The van der Waals surface area contributed by atoms with Crippen LogP contribution in [0.25, 0.3) is 132 Å². The van der Waals surface area contributed by atoms with Gasteiger partial charge in [0.15, 0.2) is 34.9 Å². The van der Waals surface area contributed by atoms with E-state index in [0.29, 0.717) is 40.8 Å². The standard InChI is InChI=1S/C22H24N4.C18H22N4.C18H24N4.C17H20N4.2C16H20N4/c1-15(2)14-26-19(13-12-16-8-4-3-5-9-16)25-20-21(26)17-10-6-7-11-18(17)24-22(20)23;1-12-20-16-17(22(12)11-13-7-3-2-4-8-13)14-9-5-6-10-15(14)21-18(16)19;1-2-3-4-5-6-9-12-22-13-20-16-17(22)14-10-7-8-11-15(14)21-18(16)19;18-17-15-16(13-8-4-5-9-14(13)20-17)21(11-19-15)10-12-6-2-1-3-7-12;2*1-2-3-4-7-10-20-11-18-14-15(20)12-8-5-6-9-13(12)19-16(14)17/h3-11,15H,12-14H2,1-2H3,(H2,23,24);5-6,9-10,13H,2-4,7-8,11H2,1H3,(H2,19,21);7-8,10-11,13H,2-6,9,12H2,1H3,(H2,19,21);4-5,8-9,11-12H,1-3,6-7,10H2,(H2,18,20);2*5-6,8-9,11H,2-4,7,10H2,1H3,(H2,17,19). The minimum absolute atomic E-state index is 0.516. The van der Waals surface area contributed by atoms with Crippen LogP contribution in [0, 0.1) is 24.7 Å². The molecule has 0 spiro atoms. The fourth-order valence-electron chi connectivity index (χ4n) is 19.4. The molecule has 0 amide bonds. The number of benzene rings is 7. The zero-order valence-electron chi connectivity index (χ0n) is 77.4. The number of hydrogen-bond acceptors (Lipinski definition) is 18. The van der Waals surface area contributed by atoms with Crippen LogP contribution < -0.4 is 34.4 Å². The number of nitrogen functional groups attached to an aromatic ring is 6. The average Bonchev–Trinajstić information content (AvgIpc) is 1.51. The number of para-hydroxylation sites is 6. The monoisotopic (exact) mass is 1750 g/mol. The van der Waals surface area contributed by atoms with Gasteiger partial charge in [-0.05, 0) is 118 Å². The Morgan fingerprint density at radius 1 is 0.298 bits per heavy atom. The maximum atomic E-state index is 6.26. The molecule has 2 aliphatic carbocycles. The highest BCUT2D eigenvalue weighted by molar-refractivity contribution is 6.11. The SMILES string of the molecule is CC(C)Cn1c(CCc2ccccc2)nc2c(N)nc3ccccc3c21.CCCCCCCCn1cnc2c(N)nc3ccccc3c21.CCCCCCn1cnc2c(N)nc3ccccc3c21.CCCCCCn1cnc2c(N)nc3ccccc3c21.Cc1nc2c(N)nc3ccccc3c2n1CC1CCCCC1.Nc1nc2ccccc2c2c1ncn2CC1CCCCC1. The number of aromatic nitrogens is 18. The zero-order chi connectivity index (χ0) is 90.7. The molecular weight excluding hydrogens is 1620 g/mol. The number of aryl methyl sites for hydroxylation is 6. The first kappa shape index (κ1) is 91.0. The van der Waals surface area contributed by atoms with Crippen molar-refractivity contribution in [2.45, 2.75) is 248 Å². The molecule has 12 heterocycles. The van der Waals surface area contributed by atoms with Gasteiger partial charge < -0.3 is 61.8 Å².